The summed E-state index contributed by atoms with van der Waals surface area (Å²) in [6.45, 7) is 4.41. The SMILES string of the molecule is Nc1cccc(CN2CCC3=C(C2)C(=O)N(Cc2ccc(Cl)cc2)C2=NCCN23)c1. The molecular weight excluding hydrogens is 398 g/mol. The van der Waals surface area contributed by atoms with Gasteiger partial charge in [0, 0.05) is 49.0 Å². The van der Waals surface area contributed by atoms with Gasteiger partial charge >= 0.3 is 0 Å². The second-order valence-electron chi connectivity index (χ2n) is 7.98. The standard InChI is InChI=1S/C23H24ClN5O/c24-18-6-4-16(5-7-18)14-29-22(30)20-15-27(13-17-2-1-3-19(25)12-17)10-8-21(20)28-11-9-26-23(28)29/h1-7,12H,8-11,13-15,25H2. The van der Waals surface area contributed by atoms with Crippen LogP contribution < -0.4 is 5.73 Å². The highest BCUT2D eigenvalue weighted by Gasteiger charge is 2.40. The molecule has 30 heavy (non-hydrogen) atoms. The molecule has 6 nitrogen and oxygen atoms in total. The van der Waals surface area contributed by atoms with Crippen molar-refractivity contribution in [1.82, 2.24) is 14.7 Å². The van der Waals surface area contributed by atoms with Crippen LogP contribution >= 0.6 is 11.6 Å². The van der Waals surface area contributed by atoms with Crippen molar-refractivity contribution in [3.8, 4) is 0 Å². The largest absolute Gasteiger partial charge is 0.399 e. The predicted octanol–water partition coefficient (Wildman–Crippen LogP) is 3.10. The molecule has 0 radical (unpaired) electrons. The van der Waals surface area contributed by atoms with E-state index in [1.165, 1.54) is 5.56 Å². The van der Waals surface area contributed by atoms with Crippen molar-refractivity contribution < 1.29 is 4.79 Å². The number of carbonyl (C=O) groups is 1. The number of halogens is 1. The van der Waals surface area contributed by atoms with E-state index in [4.69, 9.17) is 17.3 Å². The van der Waals surface area contributed by atoms with Crippen LogP contribution in [0.3, 0.4) is 0 Å². The first-order valence-electron chi connectivity index (χ1n) is 10.3. The summed E-state index contributed by atoms with van der Waals surface area (Å²) in [7, 11) is 0. The third-order valence-electron chi connectivity index (χ3n) is 5.89. The molecule has 2 aromatic carbocycles. The molecule has 2 N–H and O–H groups in total. The first kappa shape index (κ1) is 19.2. The first-order chi connectivity index (χ1) is 14.6. The van der Waals surface area contributed by atoms with Crippen LogP contribution in [0.2, 0.25) is 5.02 Å². The molecule has 0 aliphatic carbocycles. The van der Waals surface area contributed by atoms with Gasteiger partial charge in [0.1, 0.15) is 0 Å². The van der Waals surface area contributed by atoms with Crippen molar-refractivity contribution in [2.24, 2.45) is 4.99 Å². The Morgan fingerprint density at radius 3 is 2.67 bits per heavy atom. The second kappa shape index (κ2) is 7.78. The molecule has 0 fully saturated rings. The number of nitrogens with two attached hydrogens (primary N) is 1. The third kappa shape index (κ3) is 3.57. The fourth-order valence-corrected chi connectivity index (χ4v) is 4.60. The Morgan fingerprint density at radius 2 is 1.87 bits per heavy atom. The van der Waals surface area contributed by atoms with Gasteiger partial charge in [-0.15, -0.1) is 0 Å². The van der Waals surface area contributed by atoms with Gasteiger partial charge in [0.15, 0.2) is 0 Å². The van der Waals surface area contributed by atoms with E-state index in [2.05, 4.69) is 20.9 Å². The minimum absolute atomic E-state index is 0.0640. The van der Waals surface area contributed by atoms with E-state index in [1.54, 1.807) is 0 Å². The number of hydrogen-bond acceptors (Lipinski definition) is 5. The number of hydrogen-bond donors (Lipinski definition) is 1. The molecule has 0 atom stereocenters. The number of nitrogen functional groups attached to an aromatic ring is 1. The first-order valence-corrected chi connectivity index (χ1v) is 10.6. The van der Waals surface area contributed by atoms with Crippen LogP contribution in [0.5, 0.6) is 0 Å². The molecule has 0 unspecified atom stereocenters. The van der Waals surface area contributed by atoms with Crippen molar-refractivity contribution in [3.63, 3.8) is 0 Å². The Balaban J connectivity index is 1.39. The Morgan fingerprint density at radius 1 is 1.03 bits per heavy atom. The van der Waals surface area contributed by atoms with E-state index >= 15 is 0 Å². The lowest BCUT2D eigenvalue weighted by Gasteiger charge is -2.42. The maximum atomic E-state index is 13.5. The van der Waals surface area contributed by atoms with E-state index in [0.717, 1.165) is 61.1 Å². The van der Waals surface area contributed by atoms with E-state index < -0.39 is 0 Å². The lowest BCUT2D eigenvalue weighted by molar-refractivity contribution is -0.125. The summed E-state index contributed by atoms with van der Waals surface area (Å²) >= 11 is 6.02. The molecule has 154 valence electrons. The molecule has 0 saturated heterocycles. The minimum atomic E-state index is 0.0640. The summed E-state index contributed by atoms with van der Waals surface area (Å²) in [5.74, 6) is 0.854. The topological polar surface area (TPSA) is 65.2 Å². The van der Waals surface area contributed by atoms with Gasteiger partial charge in [-0.2, -0.15) is 0 Å². The predicted molar refractivity (Wildman–Crippen MR) is 119 cm³/mol. The quantitative estimate of drug-likeness (QED) is 0.770. The van der Waals surface area contributed by atoms with Crippen LogP contribution in [0.25, 0.3) is 0 Å². The third-order valence-corrected chi connectivity index (χ3v) is 6.15. The highest BCUT2D eigenvalue weighted by atomic mass is 35.5. The van der Waals surface area contributed by atoms with Gasteiger partial charge in [-0.3, -0.25) is 19.6 Å². The Bertz CT molecular complexity index is 1050. The molecule has 3 aliphatic rings. The summed E-state index contributed by atoms with van der Waals surface area (Å²) in [6, 6.07) is 15.6. The zero-order chi connectivity index (χ0) is 20.7. The number of amides is 1. The van der Waals surface area contributed by atoms with E-state index in [9.17, 15) is 4.79 Å². The van der Waals surface area contributed by atoms with Gasteiger partial charge in [0.2, 0.25) is 5.96 Å². The van der Waals surface area contributed by atoms with Crippen LogP contribution in [0, 0.1) is 0 Å². The van der Waals surface area contributed by atoms with Gasteiger partial charge in [-0.25, -0.2) is 0 Å². The molecule has 3 aliphatic heterocycles. The van der Waals surface area contributed by atoms with Crippen molar-refractivity contribution in [3.05, 3.63) is 76.0 Å². The van der Waals surface area contributed by atoms with Crippen molar-refractivity contribution in [1.29, 1.82) is 0 Å². The molecule has 0 spiro atoms. The monoisotopic (exact) mass is 421 g/mol. The lowest BCUT2D eigenvalue weighted by Crippen LogP contribution is -2.53. The Hall–Kier alpha value is -2.83. The van der Waals surface area contributed by atoms with Crippen LogP contribution in [-0.4, -0.2) is 52.7 Å². The Labute approximate surface area is 181 Å². The van der Waals surface area contributed by atoms with Crippen molar-refractivity contribution in [2.75, 3.05) is 31.9 Å². The zero-order valence-electron chi connectivity index (χ0n) is 16.7. The van der Waals surface area contributed by atoms with E-state index in [-0.39, 0.29) is 5.91 Å². The van der Waals surface area contributed by atoms with Crippen LogP contribution in [0.1, 0.15) is 17.5 Å². The highest BCUT2D eigenvalue weighted by molar-refractivity contribution is 6.30. The molecule has 1 amide bonds. The highest BCUT2D eigenvalue weighted by Crippen LogP contribution is 2.32. The van der Waals surface area contributed by atoms with Gasteiger partial charge < -0.3 is 10.6 Å². The van der Waals surface area contributed by atoms with Gasteiger partial charge in [-0.1, -0.05) is 35.9 Å². The summed E-state index contributed by atoms with van der Waals surface area (Å²) in [5.41, 5.74) is 10.9. The minimum Gasteiger partial charge on any atom is -0.399 e. The number of carbonyl (C=O) groups excluding carboxylic acids is 1. The zero-order valence-corrected chi connectivity index (χ0v) is 17.5. The number of benzene rings is 2. The number of rotatable bonds is 4. The van der Waals surface area contributed by atoms with Gasteiger partial charge in [0.05, 0.1) is 18.7 Å². The van der Waals surface area contributed by atoms with Crippen LogP contribution in [0.15, 0.2) is 64.8 Å². The summed E-state index contributed by atoms with van der Waals surface area (Å²) in [5, 5.41) is 0.693. The number of fused-ring (bicyclic) bond motifs is 2. The fourth-order valence-electron chi connectivity index (χ4n) is 4.47. The van der Waals surface area contributed by atoms with Crippen LogP contribution in [-0.2, 0) is 17.9 Å². The average Bonchev–Trinajstić information content (AvgIpc) is 3.22. The maximum absolute atomic E-state index is 13.5. The fraction of sp³-hybridized carbons (Fsp3) is 0.304. The van der Waals surface area contributed by atoms with E-state index in [0.29, 0.717) is 18.1 Å². The summed E-state index contributed by atoms with van der Waals surface area (Å²) in [4.78, 5) is 24.5. The molecule has 2 aromatic rings. The molecular formula is C23H24ClN5O. The van der Waals surface area contributed by atoms with Crippen molar-refractivity contribution >= 4 is 29.2 Å². The molecule has 0 aromatic heterocycles. The summed E-state index contributed by atoms with van der Waals surface area (Å²) < 4.78 is 0. The lowest BCUT2D eigenvalue weighted by atomic mass is 10.00. The molecule has 0 saturated carbocycles. The number of nitrogens with zero attached hydrogens (tertiary/aromatic N) is 4. The average molecular weight is 422 g/mol. The van der Waals surface area contributed by atoms with E-state index in [1.807, 2.05) is 47.4 Å². The summed E-state index contributed by atoms with van der Waals surface area (Å²) in [6.07, 6.45) is 0.858. The van der Waals surface area contributed by atoms with Gasteiger partial charge in [-0.05, 0) is 35.4 Å². The Kier molecular flexibility index (Phi) is 4.97. The van der Waals surface area contributed by atoms with Crippen LogP contribution in [0.4, 0.5) is 5.69 Å². The second-order valence-corrected chi connectivity index (χ2v) is 8.42. The van der Waals surface area contributed by atoms with Gasteiger partial charge in [0.25, 0.3) is 5.91 Å². The normalized spacial score (nSPS) is 19.1. The number of anilines is 1. The number of aliphatic imine (C=N–C) groups is 1. The smallest absolute Gasteiger partial charge is 0.259 e. The van der Waals surface area contributed by atoms with Crippen molar-refractivity contribution in [2.45, 2.75) is 19.5 Å². The molecule has 0 bridgehead atoms. The number of guanidine groups is 1. The molecule has 7 heteroatoms. The molecule has 5 rings (SSSR count). The maximum Gasteiger partial charge on any atom is 0.259 e. The molecule has 3 heterocycles.